The van der Waals surface area contributed by atoms with Gasteiger partial charge in [0.05, 0.1) is 24.2 Å². The molecule has 1 aliphatic rings. The van der Waals surface area contributed by atoms with Gasteiger partial charge in [-0.2, -0.15) is 5.26 Å². The first-order valence-corrected chi connectivity index (χ1v) is 5.65. The van der Waals surface area contributed by atoms with Crippen LogP contribution < -0.4 is 4.74 Å². The summed E-state index contributed by atoms with van der Waals surface area (Å²) in [5, 5.41) is 8.79. The quantitative estimate of drug-likeness (QED) is 0.703. The SMILES string of the molecule is CC(=O)N1Cc2c(F)cc(C#N)cc2OC[C@@H]1C. The number of nitriles is 1. The Labute approximate surface area is 105 Å². The van der Waals surface area contributed by atoms with E-state index in [4.69, 9.17) is 10.00 Å². The third-order valence-corrected chi connectivity index (χ3v) is 3.03. The number of fused-ring (bicyclic) bond motifs is 1. The normalized spacial score (nSPS) is 18.3. The van der Waals surface area contributed by atoms with Gasteiger partial charge in [-0.25, -0.2) is 4.39 Å². The van der Waals surface area contributed by atoms with E-state index in [1.165, 1.54) is 13.0 Å². The van der Waals surface area contributed by atoms with E-state index in [0.717, 1.165) is 6.07 Å². The van der Waals surface area contributed by atoms with Crippen LogP contribution in [0, 0.1) is 17.1 Å². The van der Waals surface area contributed by atoms with Crippen LogP contribution in [-0.4, -0.2) is 23.5 Å². The second-order valence-corrected chi connectivity index (χ2v) is 4.35. The maximum atomic E-state index is 13.9. The van der Waals surface area contributed by atoms with Gasteiger partial charge in [0.1, 0.15) is 18.2 Å². The molecule has 1 heterocycles. The number of ether oxygens (including phenoxy) is 1. The predicted molar refractivity (Wildman–Crippen MR) is 62.3 cm³/mol. The Kier molecular flexibility index (Phi) is 3.19. The van der Waals surface area contributed by atoms with E-state index in [0.29, 0.717) is 17.9 Å². The van der Waals surface area contributed by atoms with Crippen LogP contribution in [0.1, 0.15) is 25.0 Å². The van der Waals surface area contributed by atoms with Gasteiger partial charge >= 0.3 is 0 Å². The molecule has 0 N–H and O–H groups in total. The van der Waals surface area contributed by atoms with Crippen LogP contribution in [0.3, 0.4) is 0 Å². The van der Waals surface area contributed by atoms with Crippen molar-refractivity contribution in [1.29, 1.82) is 5.26 Å². The molecule has 1 aromatic rings. The van der Waals surface area contributed by atoms with E-state index < -0.39 is 5.82 Å². The molecule has 0 aromatic heterocycles. The molecule has 2 rings (SSSR count). The Morgan fingerprint density at radius 1 is 1.61 bits per heavy atom. The highest BCUT2D eigenvalue weighted by Gasteiger charge is 2.25. The molecule has 0 saturated carbocycles. The van der Waals surface area contributed by atoms with Gasteiger partial charge in [0.15, 0.2) is 0 Å². The number of amides is 1. The minimum atomic E-state index is -0.510. The van der Waals surface area contributed by atoms with Crippen molar-refractivity contribution in [2.45, 2.75) is 26.4 Å². The summed E-state index contributed by atoms with van der Waals surface area (Å²) in [5.41, 5.74) is 0.545. The summed E-state index contributed by atoms with van der Waals surface area (Å²) in [4.78, 5) is 13.1. The van der Waals surface area contributed by atoms with Crippen molar-refractivity contribution in [3.8, 4) is 11.8 Å². The van der Waals surface area contributed by atoms with Crippen molar-refractivity contribution in [3.05, 3.63) is 29.1 Å². The van der Waals surface area contributed by atoms with Gasteiger partial charge < -0.3 is 9.64 Å². The lowest BCUT2D eigenvalue weighted by atomic mass is 10.1. The molecule has 1 atom stereocenters. The summed E-state index contributed by atoms with van der Waals surface area (Å²) < 4.78 is 19.4. The number of rotatable bonds is 0. The maximum absolute atomic E-state index is 13.9. The molecule has 0 unspecified atom stereocenters. The fourth-order valence-corrected chi connectivity index (χ4v) is 2.01. The molecular weight excluding hydrogens is 235 g/mol. The van der Waals surface area contributed by atoms with Crippen molar-refractivity contribution in [2.75, 3.05) is 6.61 Å². The number of nitrogens with zero attached hydrogens (tertiary/aromatic N) is 2. The molecule has 0 bridgehead atoms. The van der Waals surface area contributed by atoms with Gasteiger partial charge in [0, 0.05) is 12.5 Å². The summed E-state index contributed by atoms with van der Waals surface area (Å²) in [6.45, 7) is 3.75. The van der Waals surface area contributed by atoms with Crippen LogP contribution in [0.15, 0.2) is 12.1 Å². The molecule has 4 nitrogen and oxygen atoms in total. The number of hydrogen-bond acceptors (Lipinski definition) is 3. The van der Waals surface area contributed by atoms with Crippen LogP contribution in [0.2, 0.25) is 0 Å². The van der Waals surface area contributed by atoms with E-state index in [9.17, 15) is 9.18 Å². The number of hydrogen-bond donors (Lipinski definition) is 0. The molecule has 0 radical (unpaired) electrons. The molecule has 0 aliphatic carbocycles. The lowest BCUT2D eigenvalue weighted by molar-refractivity contribution is -0.131. The van der Waals surface area contributed by atoms with Gasteiger partial charge in [0.25, 0.3) is 0 Å². The summed E-state index contributed by atoms with van der Waals surface area (Å²) in [7, 11) is 0. The van der Waals surface area contributed by atoms with Crippen LogP contribution in [0.25, 0.3) is 0 Å². The average molecular weight is 248 g/mol. The molecule has 94 valence electrons. The van der Waals surface area contributed by atoms with Gasteiger partial charge in [-0.1, -0.05) is 0 Å². The monoisotopic (exact) mass is 248 g/mol. The Balaban J connectivity index is 2.46. The Morgan fingerprint density at radius 2 is 2.33 bits per heavy atom. The highest BCUT2D eigenvalue weighted by atomic mass is 19.1. The minimum Gasteiger partial charge on any atom is -0.491 e. The van der Waals surface area contributed by atoms with Crippen LogP contribution in [0.4, 0.5) is 4.39 Å². The zero-order valence-electron chi connectivity index (χ0n) is 10.2. The average Bonchev–Trinajstić information content (AvgIpc) is 2.49. The number of halogens is 1. The molecular formula is C13H13FN2O2. The van der Waals surface area contributed by atoms with E-state index in [1.807, 2.05) is 13.0 Å². The fourth-order valence-electron chi connectivity index (χ4n) is 2.01. The molecule has 0 spiro atoms. The Morgan fingerprint density at radius 3 is 2.94 bits per heavy atom. The van der Waals surface area contributed by atoms with Gasteiger partial charge in [-0.3, -0.25) is 4.79 Å². The molecule has 18 heavy (non-hydrogen) atoms. The number of carbonyl (C=O) groups is 1. The van der Waals surface area contributed by atoms with Gasteiger partial charge in [-0.15, -0.1) is 0 Å². The molecule has 0 fully saturated rings. The van der Waals surface area contributed by atoms with Crippen molar-refractivity contribution in [2.24, 2.45) is 0 Å². The summed E-state index contributed by atoms with van der Waals surface area (Å²) >= 11 is 0. The third-order valence-electron chi connectivity index (χ3n) is 3.03. The fraction of sp³-hybridized carbons (Fsp3) is 0.385. The van der Waals surface area contributed by atoms with E-state index >= 15 is 0 Å². The first-order valence-electron chi connectivity index (χ1n) is 5.65. The van der Waals surface area contributed by atoms with Gasteiger partial charge in [0.2, 0.25) is 5.91 Å². The minimum absolute atomic E-state index is 0.122. The first kappa shape index (κ1) is 12.4. The molecule has 1 amide bonds. The zero-order valence-corrected chi connectivity index (χ0v) is 10.2. The zero-order chi connectivity index (χ0) is 13.3. The first-order chi connectivity index (χ1) is 8.52. The Hall–Kier alpha value is -2.09. The van der Waals surface area contributed by atoms with Crippen molar-refractivity contribution < 1.29 is 13.9 Å². The van der Waals surface area contributed by atoms with Gasteiger partial charge in [-0.05, 0) is 19.1 Å². The van der Waals surface area contributed by atoms with Crippen molar-refractivity contribution in [3.63, 3.8) is 0 Å². The predicted octanol–water partition coefficient (Wildman–Crippen LogP) is 1.83. The highest BCUT2D eigenvalue weighted by molar-refractivity contribution is 5.73. The topological polar surface area (TPSA) is 53.3 Å². The lowest BCUT2D eigenvalue weighted by Gasteiger charge is -2.24. The Bertz CT molecular complexity index is 537. The van der Waals surface area contributed by atoms with Crippen LogP contribution >= 0.6 is 0 Å². The van der Waals surface area contributed by atoms with E-state index in [-0.39, 0.29) is 24.1 Å². The van der Waals surface area contributed by atoms with Crippen LogP contribution in [0.5, 0.6) is 5.75 Å². The number of carbonyl (C=O) groups excluding carboxylic acids is 1. The second-order valence-electron chi connectivity index (χ2n) is 4.35. The molecule has 0 saturated heterocycles. The van der Waals surface area contributed by atoms with Crippen molar-refractivity contribution in [1.82, 2.24) is 4.90 Å². The largest absolute Gasteiger partial charge is 0.491 e. The molecule has 1 aliphatic heterocycles. The summed E-state index contributed by atoms with van der Waals surface area (Å²) in [5.74, 6) is -0.283. The summed E-state index contributed by atoms with van der Waals surface area (Å²) in [6, 6.07) is 4.43. The highest BCUT2D eigenvalue weighted by Crippen LogP contribution is 2.28. The van der Waals surface area contributed by atoms with Crippen LogP contribution in [-0.2, 0) is 11.3 Å². The van der Waals surface area contributed by atoms with E-state index in [2.05, 4.69) is 0 Å². The standard InChI is InChI=1S/C13H13FN2O2/c1-8-7-18-13-4-10(5-15)3-12(14)11(13)6-16(8)9(2)17/h3-4,8H,6-7H2,1-2H3/t8-/m0/s1. The smallest absolute Gasteiger partial charge is 0.220 e. The lowest BCUT2D eigenvalue weighted by Crippen LogP contribution is -2.38. The third kappa shape index (κ3) is 2.14. The van der Waals surface area contributed by atoms with Crippen molar-refractivity contribution >= 4 is 5.91 Å². The molecule has 1 aromatic carbocycles. The second kappa shape index (κ2) is 4.65. The van der Waals surface area contributed by atoms with E-state index in [1.54, 1.807) is 4.90 Å². The molecule has 5 heteroatoms. The number of benzene rings is 1. The maximum Gasteiger partial charge on any atom is 0.220 e. The summed E-state index contributed by atoms with van der Waals surface area (Å²) in [6.07, 6.45) is 0.